The molecule has 132 valence electrons. The lowest BCUT2D eigenvalue weighted by atomic mass is 10.4. The van der Waals surface area contributed by atoms with Gasteiger partial charge in [0.25, 0.3) is 0 Å². The lowest BCUT2D eigenvalue weighted by molar-refractivity contribution is -0.118. The van der Waals surface area contributed by atoms with Crippen LogP contribution >= 0.6 is 35.1 Å². The van der Waals surface area contributed by atoms with Crippen molar-refractivity contribution in [3.8, 4) is 0 Å². The first-order valence-electron chi connectivity index (χ1n) is 7.72. The number of benzene rings is 2. The summed E-state index contributed by atoms with van der Waals surface area (Å²) in [5.41, 5.74) is 2.49. The van der Waals surface area contributed by atoms with E-state index in [0.717, 1.165) is 14.9 Å². The van der Waals surface area contributed by atoms with Gasteiger partial charge in [-0.2, -0.15) is 5.10 Å². The number of carbonyl (C=O) groups excluding carboxylic acids is 1. The van der Waals surface area contributed by atoms with Gasteiger partial charge in [0.15, 0.2) is 5.09 Å². The topological polar surface area (TPSA) is 54.6 Å². The van der Waals surface area contributed by atoms with Gasteiger partial charge in [-0.1, -0.05) is 41.6 Å². The highest BCUT2D eigenvalue weighted by Gasteiger charge is 2.04. The number of halogens is 1. The second kappa shape index (κ2) is 9.52. The zero-order valence-corrected chi connectivity index (χ0v) is 16.0. The molecule has 0 aliphatic rings. The molecule has 4 nitrogen and oxygen atoms in total. The summed E-state index contributed by atoms with van der Waals surface area (Å²) in [4.78, 5) is 13.9. The van der Waals surface area contributed by atoms with Gasteiger partial charge in [-0.05, 0) is 48.5 Å². The molecule has 3 rings (SSSR count). The zero-order valence-electron chi connectivity index (χ0n) is 13.6. The van der Waals surface area contributed by atoms with Crippen LogP contribution in [0.3, 0.4) is 0 Å². The number of nitrogens with zero attached hydrogens (tertiary/aromatic N) is 1. The number of thioether (sulfide) groups is 1. The molecule has 0 bridgehead atoms. The molecule has 1 amide bonds. The predicted octanol–water partition coefficient (Wildman–Crippen LogP) is 5.33. The highest BCUT2D eigenvalue weighted by Crippen LogP contribution is 2.28. The molecule has 0 fully saturated rings. The van der Waals surface area contributed by atoms with Crippen molar-refractivity contribution < 1.29 is 9.21 Å². The van der Waals surface area contributed by atoms with Crippen molar-refractivity contribution in [3.63, 3.8) is 0 Å². The fourth-order valence-corrected chi connectivity index (χ4v) is 3.56. The van der Waals surface area contributed by atoms with Crippen LogP contribution in [0.5, 0.6) is 0 Å². The van der Waals surface area contributed by atoms with E-state index >= 15 is 0 Å². The maximum Gasteiger partial charge on any atom is 0.250 e. The van der Waals surface area contributed by atoms with Gasteiger partial charge >= 0.3 is 0 Å². The Kier molecular flexibility index (Phi) is 6.82. The Morgan fingerprint density at radius 2 is 1.81 bits per heavy atom. The van der Waals surface area contributed by atoms with E-state index in [1.54, 1.807) is 12.1 Å². The molecule has 1 N–H and O–H groups in total. The SMILES string of the molecule is O=C(CSc1ccc(Cl)cc1)N/N=C\c1ccc(Sc2ccccc2)o1. The van der Waals surface area contributed by atoms with Crippen molar-refractivity contribution >= 4 is 47.2 Å². The van der Waals surface area contributed by atoms with E-state index in [0.29, 0.717) is 10.8 Å². The molecule has 26 heavy (non-hydrogen) atoms. The summed E-state index contributed by atoms with van der Waals surface area (Å²) in [5, 5.41) is 5.37. The third-order valence-corrected chi connectivity index (χ3v) is 5.32. The molecule has 0 radical (unpaired) electrons. The molecule has 7 heteroatoms. The second-order valence-corrected chi connectivity index (χ2v) is 7.67. The van der Waals surface area contributed by atoms with E-state index < -0.39 is 0 Å². The molecule has 3 aromatic rings. The first-order valence-corrected chi connectivity index (χ1v) is 9.90. The predicted molar refractivity (Wildman–Crippen MR) is 107 cm³/mol. The van der Waals surface area contributed by atoms with E-state index in [-0.39, 0.29) is 11.7 Å². The Labute approximate surface area is 165 Å². The van der Waals surface area contributed by atoms with Crippen LogP contribution in [0, 0.1) is 0 Å². The molecular weight excluding hydrogens is 388 g/mol. The Morgan fingerprint density at radius 1 is 1.04 bits per heavy atom. The number of nitrogens with one attached hydrogen (secondary N) is 1. The minimum atomic E-state index is -0.188. The average Bonchev–Trinajstić information content (AvgIpc) is 3.09. The number of hydrogen-bond acceptors (Lipinski definition) is 5. The molecule has 0 saturated carbocycles. The number of rotatable bonds is 7. The summed E-state index contributed by atoms with van der Waals surface area (Å²) in [6.07, 6.45) is 1.49. The third kappa shape index (κ3) is 5.98. The van der Waals surface area contributed by atoms with Crippen LogP contribution in [0.1, 0.15) is 5.76 Å². The van der Waals surface area contributed by atoms with Gasteiger partial charge in [0.05, 0.1) is 12.0 Å². The number of furan rings is 1. The Hall–Kier alpha value is -2.15. The zero-order chi connectivity index (χ0) is 18.2. The van der Waals surface area contributed by atoms with Gasteiger partial charge in [-0.3, -0.25) is 4.79 Å². The van der Waals surface area contributed by atoms with Gasteiger partial charge in [0.2, 0.25) is 5.91 Å². The van der Waals surface area contributed by atoms with Gasteiger partial charge in [-0.15, -0.1) is 11.8 Å². The van der Waals surface area contributed by atoms with Crippen LogP contribution in [0.2, 0.25) is 5.02 Å². The van der Waals surface area contributed by atoms with E-state index in [9.17, 15) is 4.79 Å². The summed E-state index contributed by atoms with van der Waals surface area (Å²) in [6, 6.07) is 21.0. The van der Waals surface area contributed by atoms with Crippen LogP contribution in [0.25, 0.3) is 0 Å². The number of carbonyl (C=O) groups is 1. The molecule has 0 spiro atoms. The van der Waals surface area contributed by atoms with E-state index in [1.165, 1.54) is 29.7 Å². The first kappa shape index (κ1) is 18.6. The Bertz CT molecular complexity index is 880. The summed E-state index contributed by atoms with van der Waals surface area (Å²) in [6.45, 7) is 0. The van der Waals surface area contributed by atoms with Crippen LogP contribution in [0.4, 0.5) is 0 Å². The molecule has 0 aliphatic carbocycles. The van der Waals surface area contributed by atoms with Gasteiger partial charge in [0.1, 0.15) is 5.76 Å². The number of hydrazone groups is 1. The second-order valence-electron chi connectivity index (χ2n) is 5.11. The van der Waals surface area contributed by atoms with Crippen molar-refractivity contribution in [1.82, 2.24) is 5.43 Å². The van der Waals surface area contributed by atoms with E-state index in [2.05, 4.69) is 10.5 Å². The standard InChI is InChI=1S/C19H15ClN2O2S2/c20-14-6-9-16(10-7-14)25-13-18(23)22-21-12-15-8-11-19(24-15)26-17-4-2-1-3-5-17/h1-12H,13H2,(H,22,23)/b21-12-. The quantitative estimate of drug-likeness (QED) is 0.330. The summed E-state index contributed by atoms with van der Waals surface area (Å²) >= 11 is 8.77. The van der Waals surface area contributed by atoms with Gasteiger partial charge in [-0.25, -0.2) is 5.43 Å². The summed E-state index contributed by atoms with van der Waals surface area (Å²) in [5.74, 6) is 0.660. The lowest BCUT2D eigenvalue weighted by Gasteiger charge is -2.00. The summed E-state index contributed by atoms with van der Waals surface area (Å²) < 4.78 is 5.65. The van der Waals surface area contributed by atoms with Crippen molar-refractivity contribution in [1.29, 1.82) is 0 Å². The van der Waals surface area contributed by atoms with Crippen LogP contribution < -0.4 is 5.43 Å². The molecule has 0 unspecified atom stereocenters. The highest BCUT2D eigenvalue weighted by molar-refractivity contribution is 8.00. The number of hydrogen-bond donors (Lipinski definition) is 1. The van der Waals surface area contributed by atoms with Crippen LogP contribution in [-0.4, -0.2) is 17.9 Å². The normalized spacial score (nSPS) is 11.0. The van der Waals surface area contributed by atoms with E-state index in [1.807, 2.05) is 54.6 Å². The maximum absolute atomic E-state index is 11.8. The Morgan fingerprint density at radius 3 is 2.58 bits per heavy atom. The molecule has 0 aliphatic heterocycles. The lowest BCUT2D eigenvalue weighted by Crippen LogP contribution is -2.19. The molecule has 1 heterocycles. The van der Waals surface area contributed by atoms with Gasteiger partial charge < -0.3 is 4.42 Å². The van der Waals surface area contributed by atoms with Crippen molar-refractivity contribution in [2.45, 2.75) is 14.9 Å². The third-order valence-electron chi connectivity index (χ3n) is 3.13. The number of amides is 1. The highest BCUT2D eigenvalue weighted by atomic mass is 35.5. The average molecular weight is 403 g/mol. The molecule has 1 aromatic heterocycles. The van der Waals surface area contributed by atoms with Crippen molar-refractivity contribution in [2.24, 2.45) is 5.10 Å². The minimum absolute atomic E-state index is 0.188. The largest absolute Gasteiger partial charge is 0.448 e. The van der Waals surface area contributed by atoms with E-state index in [4.69, 9.17) is 16.0 Å². The first-order chi connectivity index (χ1) is 12.7. The van der Waals surface area contributed by atoms with Crippen LogP contribution in [0.15, 0.2) is 91.1 Å². The summed E-state index contributed by atoms with van der Waals surface area (Å²) in [7, 11) is 0. The van der Waals surface area contributed by atoms with Crippen LogP contribution in [-0.2, 0) is 4.79 Å². The Balaban J connectivity index is 1.44. The molecular formula is C19H15ClN2O2S2. The van der Waals surface area contributed by atoms with Gasteiger partial charge in [0, 0.05) is 14.8 Å². The van der Waals surface area contributed by atoms with Crippen molar-refractivity contribution in [3.05, 3.63) is 77.5 Å². The molecule has 0 atom stereocenters. The molecule has 2 aromatic carbocycles. The monoisotopic (exact) mass is 402 g/mol. The maximum atomic E-state index is 11.8. The van der Waals surface area contributed by atoms with Crippen molar-refractivity contribution in [2.75, 3.05) is 5.75 Å². The fraction of sp³-hybridized carbons (Fsp3) is 0.0526. The molecule has 0 saturated heterocycles. The smallest absolute Gasteiger partial charge is 0.250 e. The minimum Gasteiger partial charge on any atom is -0.448 e. The fourth-order valence-electron chi connectivity index (χ4n) is 1.94.